The number of nitrogens with one attached hydrogen (secondary N) is 1. The van der Waals surface area contributed by atoms with Gasteiger partial charge >= 0.3 is 0 Å². The number of benzene rings is 1. The van der Waals surface area contributed by atoms with Crippen LogP contribution in [0.25, 0.3) is 10.9 Å². The summed E-state index contributed by atoms with van der Waals surface area (Å²) in [5.41, 5.74) is 3.01. The van der Waals surface area contributed by atoms with Crippen LogP contribution in [-0.2, 0) is 0 Å². The zero-order valence-electron chi connectivity index (χ0n) is 18.4. The summed E-state index contributed by atoms with van der Waals surface area (Å²) in [6.45, 7) is 2.98. The standard InChI is InChI=1S/C27H36N2O/c1-2-3-4-5-8-11-28-27(30)25-17-23(22-9-6-7-10-24(22)29-25)26-20-13-18-12-19(15-20)16-21(26)14-18/h6-7,9-10,17-21,26H,2-5,8,11-16H2,1H3,(H,28,30). The second kappa shape index (κ2) is 8.69. The van der Waals surface area contributed by atoms with Gasteiger partial charge in [-0.2, -0.15) is 0 Å². The highest BCUT2D eigenvalue weighted by atomic mass is 16.1. The second-order valence-electron chi connectivity index (χ2n) is 10.2. The van der Waals surface area contributed by atoms with E-state index in [1.807, 2.05) is 6.07 Å². The Morgan fingerprint density at radius 2 is 1.67 bits per heavy atom. The molecule has 1 N–H and O–H groups in total. The first-order chi connectivity index (χ1) is 14.7. The monoisotopic (exact) mass is 404 g/mol. The van der Waals surface area contributed by atoms with Crippen molar-refractivity contribution in [3.05, 3.63) is 41.6 Å². The molecule has 0 aliphatic heterocycles. The highest BCUT2D eigenvalue weighted by Crippen LogP contribution is 2.60. The van der Waals surface area contributed by atoms with Gasteiger partial charge in [-0.25, -0.2) is 4.98 Å². The van der Waals surface area contributed by atoms with Crippen molar-refractivity contribution < 1.29 is 4.79 Å². The molecule has 4 fully saturated rings. The van der Waals surface area contributed by atoms with E-state index in [-0.39, 0.29) is 5.91 Å². The van der Waals surface area contributed by atoms with Crippen LogP contribution >= 0.6 is 0 Å². The molecule has 30 heavy (non-hydrogen) atoms. The molecule has 4 bridgehead atoms. The molecule has 0 unspecified atom stereocenters. The highest BCUT2D eigenvalue weighted by molar-refractivity contribution is 5.96. The summed E-state index contributed by atoms with van der Waals surface area (Å²) in [6.07, 6.45) is 13.1. The second-order valence-corrected chi connectivity index (χ2v) is 10.2. The number of nitrogens with zero attached hydrogens (tertiary/aromatic N) is 1. The third-order valence-corrected chi connectivity index (χ3v) is 8.13. The number of carbonyl (C=O) groups is 1. The van der Waals surface area contributed by atoms with E-state index in [2.05, 4.69) is 36.5 Å². The molecule has 1 aromatic heterocycles. The summed E-state index contributed by atoms with van der Waals surface area (Å²) in [4.78, 5) is 17.7. The van der Waals surface area contributed by atoms with E-state index in [0.717, 1.165) is 42.2 Å². The maximum Gasteiger partial charge on any atom is 0.269 e. The molecular weight excluding hydrogens is 368 g/mol. The van der Waals surface area contributed by atoms with E-state index in [0.29, 0.717) is 11.6 Å². The van der Waals surface area contributed by atoms with Crippen LogP contribution in [0.3, 0.4) is 0 Å². The molecule has 6 rings (SSSR count). The van der Waals surface area contributed by atoms with E-state index in [9.17, 15) is 4.79 Å². The fourth-order valence-electron chi connectivity index (χ4n) is 7.05. The van der Waals surface area contributed by atoms with Crippen LogP contribution in [0, 0.1) is 23.7 Å². The summed E-state index contributed by atoms with van der Waals surface area (Å²) in [7, 11) is 0. The number of rotatable bonds is 8. The van der Waals surface area contributed by atoms with E-state index in [1.165, 1.54) is 68.7 Å². The minimum atomic E-state index is 0.00121. The van der Waals surface area contributed by atoms with Gasteiger partial charge in [-0.15, -0.1) is 0 Å². The Kier molecular flexibility index (Phi) is 5.80. The molecule has 0 atom stereocenters. The average molecular weight is 405 g/mol. The maximum absolute atomic E-state index is 12.9. The fourth-order valence-corrected chi connectivity index (χ4v) is 7.05. The van der Waals surface area contributed by atoms with Crippen molar-refractivity contribution in [1.29, 1.82) is 0 Å². The van der Waals surface area contributed by atoms with Gasteiger partial charge in [0.2, 0.25) is 0 Å². The number of fused-ring (bicyclic) bond motifs is 1. The molecule has 1 amide bonds. The Morgan fingerprint density at radius 3 is 2.40 bits per heavy atom. The van der Waals surface area contributed by atoms with Crippen LogP contribution < -0.4 is 5.32 Å². The Bertz CT molecular complexity index is 877. The van der Waals surface area contributed by atoms with Gasteiger partial charge in [-0.1, -0.05) is 50.8 Å². The Morgan fingerprint density at radius 1 is 0.967 bits per heavy atom. The molecule has 1 heterocycles. The minimum Gasteiger partial charge on any atom is -0.351 e. The molecular formula is C27H36N2O. The van der Waals surface area contributed by atoms with Gasteiger partial charge in [0.15, 0.2) is 0 Å². The summed E-state index contributed by atoms with van der Waals surface area (Å²) in [5, 5.41) is 4.40. The van der Waals surface area contributed by atoms with Crippen molar-refractivity contribution in [3.63, 3.8) is 0 Å². The van der Waals surface area contributed by atoms with Crippen molar-refractivity contribution in [2.75, 3.05) is 6.54 Å². The van der Waals surface area contributed by atoms with Crippen LogP contribution in [0.1, 0.15) is 93.1 Å². The van der Waals surface area contributed by atoms with Crippen molar-refractivity contribution >= 4 is 16.8 Å². The van der Waals surface area contributed by atoms with Crippen LogP contribution in [0.15, 0.2) is 30.3 Å². The first-order valence-electron chi connectivity index (χ1n) is 12.4. The predicted octanol–water partition coefficient (Wildman–Crippen LogP) is 6.47. The zero-order valence-corrected chi connectivity index (χ0v) is 18.4. The first kappa shape index (κ1) is 20.0. The lowest BCUT2D eigenvalue weighted by molar-refractivity contribution is -0.00234. The molecule has 3 heteroatoms. The average Bonchev–Trinajstić information content (AvgIpc) is 2.75. The largest absolute Gasteiger partial charge is 0.351 e. The van der Waals surface area contributed by atoms with Gasteiger partial charge in [0.25, 0.3) is 5.91 Å². The summed E-state index contributed by atoms with van der Waals surface area (Å²) >= 11 is 0. The molecule has 160 valence electrons. The zero-order chi connectivity index (χ0) is 20.5. The first-order valence-corrected chi connectivity index (χ1v) is 12.4. The number of pyridine rings is 1. The van der Waals surface area contributed by atoms with E-state index < -0.39 is 0 Å². The number of amides is 1. The number of hydrogen-bond donors (Lipinski definition) is 1. The van der Waals surface area contributed by atoms with Gasteiger partial charge in [0.05, 0.1) is 5.52 Å². The molecule has 4 saturated carbocycles. The smallest absolute Gasteiger partial charge is 0.269 e. The normalized spacial score (nSPS) is 29.4. The van der Waals surface area contributed by atoms with Crippen molar-refractivity contribution in [2.45, 2.75) is 77.0 Å². The lowest BCUT2D eigenvalue weighted by atomic mass is 9.50. The minimum absolute atomic E-state index is 0.00121. The van der Waals surface area contributed by atoms with E-state index in [4.69, 9.17) is 4.98 Å². The van der Waals surface area contributed by atoms with E-state index >= 15 is 0 Å². The van der Waals surface area contributed by atoms with Gasteiger partial charge in [0.1, 0.15) is 5.69 Å². The number of unbranched alkanes of at least 4 members (excludes halogenated alkanes) is 4. The van der Waals surface area contributed by atoms with Crippen LogP contribution in [0.2, 0.25) is 0 Å². The quantitative estimate of drug-likeness (QED) is 0.512. The van der Waals surface area contributed by atoms with Crippen molar-refractivity contribution in [2.24, 2.45) is 23.7 Å². The number of carbonyl (C=O) groups excluding carboxylic acids is 1. The maximum atomic E-state index is 12.9. The van der Waals surface area contributed by atoms with Gasteiger partial charge in [-0.3, -0.25) is 4.79 Å². The van der Waals surface area contributed by atoms with Crippen LogP contribution in [0.5, 0.6) is 0 Å². The molecule has 0 spiro atoms. The fraction of sp³-hybridized carbons (Fsp3) is 0.630. The van der Waals surface area contributed by atoms with Crippen LogP contribution in [-0.4, -0.2) is 17.4 Å². The Hall–Kier alpha value is -1.90. The lowest BCUT2D eigenvalue weighted by Crippen LogP contribution is -2.43. The number of hydrogen-bond acceptors (Lipinski definition) is 2. The lowest BCUT2D eigenvalue weighted by Gasteiger charge is -2.54. The van der Waals surface area contributed by atoms with Gasteiger partial charge < -0.3 is 5.32 Å². The third kappa shape index (κ3) is 3.88. The number of para-hydroxylation sites is 1. The Labute approximate surface area is 181 Å². The van der Waals surface area contributed by atoms with Gasteiger partial charge in [0, 0.05) is 11.9 Å². The topological polar surface area (TPSA) is 42.0 Å². The van der Waals surface area contributed by atoms with Crippen LogP contribution in [0.4, 0.5) is 0 Å². The van der Waals surface area contributed by atoms with Crippen molar-refractivity contribution in [1.82, 2.24) is 10.3 Å². The molecule has 1 aromatic carbocycles. The van der Waals surface area contributed by atoms with Gasteiger partial charge in [-0.05, 0) is 85.8 Å². The molecule has 3 nitrogen and oxygen atoms in total. The third-order valence-electron chi connectivity index (χ3n) is 8.13. The summed E-state index contributed by atoms with van der Waals surface area (Å²) < 4.78 is 0. The SMILES string of the molecule is CCCCCCCNC(=O)c1cc(C2C3CC4CC(C3)CC2C4)c2ccccc2n1. The Balaban J connectivity index is 1.38. The highest BCUT2D eigenvalue weighted by Gasteiger charge is 2.49. The molecule has 0 radical (unpaired) electrons. The van der Waals surface area contributed by atoms with Crippen molar-refractivity contribution in [3.8, 4) is 0 Å². The summed E-state index contributed by atoms with van der Waals surface area (Å²) in [5.74, 6) is 4.16. The predicted molar refractivity (Wildman–Crippen MR) is 123 cm³/mol. The molecule has 4 aliphatic rings. The molecule has 4 aliphatic carbocycles. The summed E-state index contributed by atoms with van der Waals surface area (Å²) in [6, 6.07) is 10.6. The molecule has 0 saturated heterocycles. The molecule has 2 aromatic rings. The van der Waals surface area contributed by atoms with E-state index in [1.54, 1.807) is 0 Å². The number of aromatic nitrogens is 1.